The lowest BCUT2D eigenvalue weighted by atomic mass is 10.2. The van der Waals surface area contributed by atoms with Crippen LogP contribution in [0.1, 0.15) is 41.0 Å². The standard InChI is InChI=1S/C16H33N5O3.HI/c1-8-12(2)20-14(19-11-13(22)21(6)7)17-9-10-18-15(23)24-16(3,4)5;/h12H,8-11H2,1-7H3,(H,18,23)(H2,17,19,20);1H. The van der Waals surface area contributed by atoms with Crippen molar-refractivity contribution in [2.45, 2.75) is 52.7 Å². The Hall–Kier alpha value is -1.26. The Morgan fingerprint density at radius 3 is 2.20 bits per heavy atom. The normalized spacial score (nSPS) is 12.5. The molecule has 0 aliphatic rings. The highest BCUT2D eigenvalue weighted by Crippen LogP contribution is 2.05. The Morgan fingerprint density at radius 2 is 1.72 bits per heavy atom. The number of hydrogen-bond donors (Lipinski definition) is 3. The quantitative estimate of drug-likeness (QED) is 0.227. The van der Waals surface area contributed by atoms with Crippen molar-refractivity contribution in [1.82, 2.24) is 20.9 Å². The van der Waals surface area contributed by atoms with Gasteiger partial charge in [-0.15, -0.1) is 24.0 Å². The number of carbonyl (C=O) groups excluding carboxylic acids is 2. The fourth-order valence-electron chi connectivity index (χ4n) is 1.44. The monoisotopic (exact) mass is 471 g/mol. The van der Waals surface area contributed by atoms with Gasteiger partial charge in [-0.25, -0.2) is 9.79 Å². The third kappa shape index (κ3) is 14.8. The first-order chi connectivity index (χ1) is 11.0. The zero-order valence-corrected chi connectivity index (χ0v) is 18.8. The summed E-state index contributed by atoms with van der Waals surface area (Å²) in [6.45, 7) is 10.5. The average Bonchev–Trinajstić information content (AvgIpc) is 2.46. The maximum absolute atomic E-state index is 11.6. The van der Waals surface area contributed by atoms with Crippen LogP contribution in [0.5, 0.6) is 0 Å². The highest BCUT2D eigenvalue weighted by molar-refractivity contribution is 14.0. The predicted octanol–water partition coefficient (Wildman–Crippen LogP) is 1.55. The van der Waals surface area contributed by atoms with Crippen LogP contribution in [0.3, 0.4) is 0 Å². The molecule has 0 aromatic carbocycles. The zero-order chi connectivity index (χ0) is 18.8. The van der Waals surface area contributed by atoms with E-state index in [2.05, 4.69) is 27.9 Å². The van der Waals surface area contributed by atoms with Crippen LogP contribution >= 0.6 is 24.0 Å². The summed E-state index contributed by atoms with van der Waals surface area (Å²) in [4.78, 5) is 29.0. The minimum absolute atomic E-state index is 0. The number of carbonyl (C=O) groups is 2. The number of halogens is 1. The third-order valence-corrected chi connectivity index (χ3v) is 2.95. The third-order valence-electron chi connectivity index (χ3n) is 2.95. The van der Waals surface area contributed by atoms with Crippen LogP contribution in [0.2, 0.25) is 0 Å². The lowest BCUT2D eigenvalue weighted by Gasteiger charge is -2.20. The summed E-state index contributed by atoms with van der Waals surface area (Å²) in [7, 11) is 3.38. The van der Waals surface area contributed by atoms with Crippen LogP contribution in [0.25, 0.3) is 0 Å². The van der Waals surface area contributed by atoms with E-state index in [0.29, 0.717) is 19.0 Å². The minimum Gasteiger partial charge on any atom is -0.444 e. The number of likely N-dealkylation sites (N-methyl/N-ethyl adjacent to an activating group) is 1. The summed E-state index contributed by atoms with van der Waals surface area (Å²) >= 11 is 0. The highest BCUT2D eigenvalue weighted by atomic mass is 127. The van der Waals surface area contributed by atoms with Crippen molar-refractivity contribution in [3.63, 3.8) is 0 Å². The summed E-state index contributed by atoms with van der Waals surface area (Å²) in [6.07, 6.45) is 0.471. The smallest absolute Gasteiger partial charge is 0.407 e. The number of aliphatic imine (C=N–C) groups is 1. The number of nitrogens with one attached hydrogen (secondary N) is 3. The molecule has 0 bridgehead atoms. The van der Waals surface area contributed by atoms with E-state index < -0.39 is 11.7 Å². The summed E-state index contributed by atoms with van der Waals surface area (Å²) in [5.74, 6) is 0.470. The second-order valence-corrected chi connectivity index (χ2v) is 6.76. The van der Waals surface area contributed by atoms with Gasteiger partial charge in [-0.3, -0.25) is 4.79 Å². The number of amides is 2. The molecule has 0 heterocycles. The fraction of sp³-hybridized carbons (Fsp3) is 0.812. The molecular formula is C16H34IN5O3. The molecule has 0 aliphatic carbocycles. The Labute approximate surface area is 168 Å². The molecule has 1 unspecified atom stereocenters. The van der Waals surface area contributed by atoms with Crippen molar-refractivity contribution >= 4 is 41.9 Å². The summed E-state index contributed by atoms with van der Waals surface area (Å²) < 4.78 is 5.16. The summed E-state index contributed by atoms with van der Waals surface area (Å²) in [5.41, 5.74) is -0.519. The van der Waals surface area contributed by atoms with E-state index in [1.165, 1.54) is 4.90 Å². The maximum atomic E-state index is 11.6. The van der Waals surface area contributed by atoms with Gasteiger partial charge < -0.3 is 25.6 Å². The van der Waals surface area contributed by atoms with Gasteiger partial charge in [0.15, 0.2) is 5.96 Å². The molecule has 0 fully saturated rings. The molecule has 0 spiro atoms. The van der Waals surface area contributed by atoms with E-state index in [4.69, 9.17) is 4.74 Å². The zero-order valence-electron chi connectivity index (χ0n) is 16.4. The van der Waals surface area contributed by atoms with Gasteiger partial charge in [0, 0.05) is 33.2 Å². The van der Waals surface area contributed by atoms with Crippen molar-refractivity contribution in [3.8, 4) is 0 Å². The van der Waals surface area contributed by atoms with Crippen molar-refractivity contribution in [1.29, 1.82) is 0 Å². The molecule has 2 amide bonds. The topological polar surface area (TPSA) is 95.1 Å². The van der Waals surface area contributed by atoms with E-state index in [1.54, 1.807) is 14.1 Å². The number of guanidine groups is 1. The van der Waals surface area contributed by atoms with Crippen molar-refractivity contribution < 1.29 is 14.3 Å². The van der Waals surface area contributed by atoms with Gasteiger partial charge in [-0.2, -0.15) is 0 Å². The van der Waals surface area contributed by atoms with Crippen LogP contribution in [-0.4, -0.2) is 68.2 Å². The molecule has 0 saturated heterocycles. The Balaban J connectivity index is 0. The van der Waals surface area contributed by atoms with Gasteiger partial charge in [0.2, 0.25) is 5.91 Å². The van der Waals surface area contributed by atoms with Crippen molar-refractivity contribution in [2.24, 2.45) is 4.99 Å². The van der Waals surface area contributed by atoms with Crippen LogP contribution in [-0.2, 0) is 9.53 Å². The number of alkyl carbamates (subject to hydrolysis) is 1. The molecule has 148 valence electrons. The SMILES string of the molecule is CCC(C)NC(=NCC(=O)N(C)C)NCCNC(=O)OC(C)(C)C.I. The van der Waals surface area contributed by atoms with Crippen LogP contribution in [0, 0.1) is 0 Å². The molecule has 8 nitrogen and oxygen atoms in total. The number of nitrogens with zero attached hydrogens (tertiary/aromatic N) is 2. The molecule has 0 aromatic heterocycles. The van der Waals surface area contributed by atoms with Gasteiger partial charge in [0.25, 0.3) is 0 Å². The van der Waals surface area contributed by atoms with Crippen LogP contribution in [0.4, 0.5) is 4.79 Å². The minimum atomic E-state index is -0.519. The molecule has 9 heteroatoms. The van der Waals surface area contributed by atoms with E-state index in [-0.39, 0.29) is 42.5 Å². The molecule has 25 heavy (non-hydrogen) atoms. The summed E-state index contributed by atoms with van der Waals surface area (Å²) in [5, 5.41) is 8.97. The van der Waals surface area contributed by atoms with Gasteiger partial charge >= 0.3 is 6.09 Å². The number of hydrogen-bond acceptors (Lipinski definition) is 4. The number of ether oxygens (including phenoxy) is 1. The molecule has 0 aromatic rings. The van der Waals surface area contributed by atoms with Crippen molar-refractivity contribution in [3.05, 3.63) is 0 Å². The molecule has 1 atom stereocenters. The number of rotatable bonds is 7. The first-order valence-electron chi connectivity index (χ1n) is 8.27. The van der Waals surface area contributed by atoms with E-state index in [1.807, 2.05) is 27.7 Å². The lowest BCUT2D eigenvalue weighted by molar-refractivity contribution is -0.127. The van der Waals surface area contributed by atoms with Crippen LogP contribution in [0.15, 0.2) is 4.99 Å². The maximum Gasteiger partial charge on any atom is 0.407 e. The first-order valence-corrected chi connectivity index (χ1v) is 8.27. The van der Waals surface area contributed by atoms with Gasteiger partial charge in [0.05, 0.1) is 0 Å². The van der Waals surface area contributed by atoms with Crippen LogP contribution < -0.4 is 16.0 Å². The Kier molecular flexibility index (Phi) is 13.5. The highest BCUT2D eigenvalue weighted by Gasteiger charge is 2.15. The van der Waals surface area contributed by atoms with Gasteiger partial charge in [-0.05, 0) is 34.1 Å². The first kappa shape index (κ1) is 26.0. The Morgan fingerprint density at radius 1 is 1.16 bits per heavy atom. The molecular weight excluding hydrogens is 437 g/mol. The average molecular weight is 471 g/mol. The Bertz CT molecular complexity index is 436. The van der Waals surface area contributed by atoms with E-state index >= 15 is 0 Å². The van der Waals surface area contributed by atoms with Gasteiger partial charge in [-0.1, -0.05) is 6.92 Å². The van der Waals surface area contributed by atoms with Gasteiger partial charge in [0.1, 0.15) is 12.1 Å². The summed E-state index contributed by atoms with van der Waals surface area (Å²) in [6, 6.07) is 0.226. The predicted molar refractivity (Wildman–Crippen MR) is 112 cm³/mol. The fourth-order valence-corrected chi connectivity index (χ4v) is 1.44. The van der Waals surface area contributed by atoms with E-state index in [0.717, 1.165) is 6.42 Å². The second kappa shape index (κ2) is 13.0. The lowest BCUT2D eigenvalue weighted by Crippen LogP contribution is -2.45. The molecule has 0 aliphatic heterocycles. The van der Waals surface area contributed by atoms with Crippen molar-refractivity contribution in [2.75, 3.05) is 33.7 Å². The molecule has 3 N–H and O–H groups in total. The molecule has 0 radical (unpaired) electrons. The molecule has 0 rings (SSSR count). The second-order valence-electron chi connectivity index (χ2n) is 6.76. The largest absolute Gasteiger partial charge is 0.444 e. The molecule has 0 saturated carbocycles. The van der Waals surface area contributed by atoms with E-state index in [9.17, 15) is 9.59 Å².